The zero-order chi connectivity index (χ0) is 11.0. The number of fused-ring (bicyclic) bond motifs is 1. The van der Waals surface area contributed by atoms with Crippen LogP contribution in [-0.2, 0) is 6.42 Å². The Labute approximate surface area is 95.1 Å². The van der Waals surface area contributed by atoms with Gasteiger partial charge in [0, 0.05) is 18.4 Å². The van der Waals surface area contributed by atoms with Gasteiger partial charge < -0.3 is 9.88 Å². The van der Waals surface area contributed by atoms with E-state index in [2.05, 4.69) is 33.1 Å². The van der Waals surface area contributed by atoms with Crippen molar-refractivity contribution in [2.24, 2.45) is 0 Å². The predicted octanol–water partition coefficient (Wildman–Crippen LogP) is 2.08. The Morgan fingerprint density at radius 1 is 1.44 bits per heavy atom. The van der Waals surface area contributed by atoms with E-state index in [0.29, 0.717) is 6.04 Å². The Bertz CT molecular complexity index is 488. The van der Waals surface area contributed by atoms with Gasteiger partial charge >= 0.3 is 0 Å². The summed E-state index contributed by atoms with van der Waals surface area (Å²) in [5.41, 5.74) is 4.15. The zero-order valence-electron chi connectivity index (χ0n) is 9.35. The minimum absolute atomic E-state index is 0.480. The fraction of sp³-hybridized carbons (Fsp3) is 0.308. The summed E-state index contributed by atoms with van der Waals surface area (Å²) in [6.45, 7) is 0. The molecule has 3 heteroatoms. The molecular formula is C13H15N3. The SMILES string of the molecule is CNC1CCc2cccc(-n3ccnc3)c21. The number of nitrogens with zero attached hydrogens (tertiary/aromatic N) is 2. The first kappa shape index (κ1) is 9.60. The van der Waals surface area contributed by atoms with E-state index in [4.69, 9.17) is 0 Å². The Hall–Kier alpha value is -1.61. The molecule has 0 saturated heterocycles. The highest BCUT2D eigenvalue weighted by Crippen LogP contribution is 2.35. The van der Waals surface area contributed by atoms with Crippen molar-refractivity contribution >= 4 is 0 Å². The largest absolute Gasteiger partial charge is 0.313 e. The molecule has 0 saturated carbocycles. The monoisotopic (exact) mass is 213 g/mol. The number of aryl methyl sites for hydroxylation is 1. The molecule has 3 rings (SSSR count). The summed E-state index contributed by atoms with van der Waals surface area (Å²) in [6.07, 6.45) is 8.05. The van der Waals surface area contributed by atoms with Gasteiger partial charge in [-0.1, -0.05) is 12.1 Å². The number of hydrogen-bond acceptors (Lipinski definition) is 2. The molecule has 2 aromatic rings. The topological polar surface area (TPSA) is 29.9 Å². The van der Waals surface area contributed by atoms with Gasteiger partial charge in [0.15, 0.2) is 0 Å². The second-order valence-electron chi connectivity index (χ2n) is 4.20. The van der Waals surface area contributed by atoms with Gasteiger partial charge in [-0.25, -0.2) is 4.98 Å². The maximum atomic E-state index is 4.12. The first-order valence-corrected chi connectivity index (χ1v) is 5.67. The molecule has 0 radical (unpaired) electrons. The lowest BCUT2D eigenvalue weighted by Gasteiger charge is -2.15. The van der Waals surface area contributed by atoms with E-state index in [1.54, 1.807) is 0 Å². The van der Waals surface area contributed by atoms with Gasteiger partial charge in [0.25, 0.3) is 0 Å². The van der Waals surface area contributed by atoms with Crippen molar-refractivity contribution in [2.75, 3.05) is 7.05 Å². The van der Waals surface area contributed by atoms with Gasteiger partial charge in [0.05, 0.1) is 12.0 Å². The molecule has 82 valence electrons. The normalized spacial score (nSPS) is 18.7. The average molecular weight is 213 g/mol. The van der Waals surface area contributed by atoms with Crippen LogP contribution in [0.4, 0.5) is 0 Å². The van der Waals surface area contributed by atoms with Gasteiger partial charge in [-0.2, -0.15) is 0 Å². The molecule has 1 aromatic heterocycles. The van der Waals surface area contributed by atoms with E-state index in [-0.39, 0.29) is 0 Å². The Kier molecular flexibility index (Phi) is 2.26. The molecule has 1 aliphatic rings. The van der Waals surface area contributed by atoms with Gasteiger partial charge in [0.1, 0.15) is 0 Å². The van der Waals surface area contributed by atoms with E-state index >= 15 is 0 Å². The second-order valence-corrected chi connectivity index (χ2v) is 4.20. The predicted molar refractivity (Wildman–Crippen MR) is 63.7 cm³/mol. The van der Waals surface area contributed by atoms with E-state index < -0.39 is 0 Å². The van der Waals surface area contributed by atoms with Crippen LogP contribution in [-0.4, -0.2) is 16.6 Å². The zero-order valence-corrected chi connectivity index (χ0v) is 9.35. The van der Waals surface area contributed by atoms with E-state index in [1.165, 1.54) is 29.7 Å². The lowest BCUT2D eigenvalue weighted by molar-refractivity contribution is 0.588. The van der Waals surface area contributed by atoms with Crippen molar-refractivity contribution in [3.63, 3.8) is 0 Å². The summed E-state index contributed by atoms with van der Waals surface area (Å²) in [6, 6.07) is 7.00. The third kappa shape index (κ3) is 1.36. The molecule has 3 nitrogen and oxygen atoms in total. The molecule has 0 fully saturated rings. The molecular weight excluding hydrogens is 198 g/mol. The van der Waals surface area contributed by atoms with Crippen LogP contribution in [0.5, 0.6) is 0 Å². The molecule has 0 amide bonds. The summed E-state index contributed by atoms with van der Waals surface area (Å²) in [7, 11) is 2.03. The van der Waals surface area contributed by atoms with Crippen molar-refractivity contribution in [3.05, 3.63) is 48.0 Å². The van der Waals surface area contributed by atoms with E-state index in [9.17, 15) is 0 Å². The van der Waals surface area contributed by atoms with Crippen LogP contribution in [0.1, 0.15) is 23.6 Å². The molecule has 0 bridgehead atoms. The lowest BCUT2D eigenvalue weighted by Crippen LogP contribution is -2.15. The van der Waals surface area contributed by atoms with Gasteiger partial charge in [-0.3, -0.25) is 0 Å². The first-order chi connectivity index (χ1) is 7.90. The van der Waals surface area contributed by atoms with Crippen molar-refractivity contribution in [3.8, 4) is 5.69 Å². The minimum Gasteiger partial charge on any atom is -0.313 e. The molecule has 0 aliphatic heterocycles. The summed E-state index contributed by atoms with van der Waals surface area (Å²) >= 11 is 0. The fourth-order valence-corrected chi connectivity index (χ4v) is 2.58. The van der Waals surface area contributed by atoms with Crippen LogP contribution in [0.3, 0.4) is 0 Å². The molecule has 1 heterocycles. The second kappa shape index (κ2) is 3.76. The van der Waals surface area contributed by atoms with Crippen LogP contribution in [0.25, 0.3) is 5.69 Å². The molecule has 1 aromatic carbocycles. The standard InChI is InChI=1S/C13H15N3/c1-14-11-6-5-10-3-2-4-12(13(10)11)16-8-7-15-9-16/h2-4,7-9,11,14H,5-6H2,1H3. The highest BCUT2D eigenvalue weighted by Gasteiger charge is 2.24. The van der Waals surface area contributed by atoms with Crippen LogP contribution in [0, 0.1) is 0 Å². The Morgan fingerprint density at radius 3 is 3.12 bits per heavy atom. The van der Waals surface area contributed by atoms with Crippen molar-refractivity contribution in [2.45, 2.75) is 18.9 Å². The lowest BCUT2D eigenvalue weighted by atomic mass is 10.1. The highest BCUT2D eigenvalue weighted by molar-refractivity contribution is 5.50. The van der Waals surface area contributed by atoms with Gasteiger partial charge in [-0.15, -0.1) is 0 Å². The number of imidazole rings is 1. The minimum atomic E-state index is 0.480. The molecule has 1 aliphatic carbocycles. The van der Waals surface area contributed by atoms with Crippen LogP contribution in [0.15, 0.2) is 36.9 Å². The van der Waals surface area contributed by atoms with Crippen LogP contribution < -0.4 is 5.32 Å². The summed E-state index contributed by atoms with van der Waals surface area (Å²) in [5, 5.41) is 3.39. The maximum absolute atomic E-state index is 4.12. The molecule has 1 N–H and O–H groups in total. The van der Waals surface area contributed by atoms with Crippen LogP contribution >= 0.6 is 0 Å². The number of hydrogen-bond donors (Lipinski definition) is 1. The molecule has 0 spiro atoms. The highest BCUT2D eigenvalue weighted by atomic mass is 15.0. The van der Waals surface area contributed by atoms with Crippen LogP contribution in [0.2, 0.25) is 0 Å². The molecule has 16 heavy (non-hydrogen) atoms. The molecule has 1 atom stereocenters. The van der Waals surface area contributed by atoms with E-state index in [0.717, 1.165) is 0 Å². The third-order valence-corrected chi connectivity index (χ3v) is 3.36. The maximum Gasteiger partial charge on any atom is 0.0991 e. The fourth-order valence-electron chi connectivity index (χ4n) is 2.58. The quantitative estimate of drug-likeness (QED) is 0.827. The number of rotatable bonds is 2. The van der Waals surface area contributed by atoms with Crippen molar-refractivity contribution in [1.82, 2.24) is 14.9 Å². The number of benzene rings is 1. The van der Waals surface area contributed by atoms with E-state index in [1.807, 2.05) is 25.8 Å². The number of nitrogens with one attached hydrogen (secondary N) is 1. The average Bonchev–Trinajstić information content (AvgIpc) is 2.97. The first-order valence-electron chi connectivity index (χ1n) is 5.67. The molecule has 1 unspecified atom stereocenters. The van der Waals surface area contributed by atoms with Crippen molar-refractivity contribution in [1.29, 1.82) is 0 Å². The summed E-state index contributed by atoms with van der Waals surface area (Å²) in [5.74, 6) is 0. The van der Waals surface area contributed by atoms with Crippen molar-refractivity contribution < 1.29 is 0 Å². The Balaban J connectivity index is 2.17. The van der Waals surface area contributed by atoms with Gasteiger partial charge in [-0.05, 0) is 37.1 Å². The third-order valence-electron chi connectivity index (χ3n) is 3.36. The summed E-state index contributed by atoms with van der Waals surface area (Å²) < 4.78 is 2.09. The number of aromatic nitrogens is 2. The smallest absolute Gasteiger partial charge is 0.0991 e. The summed E-state index contributed by atoms with van der Waals surface area (Å²) in [4.78, 5) is 4.12. The Morgan fingerprint density at radius 2 is 2.38 bits per heavy atom. The van der Waals surface area contributed by atoms with Gasteiger partial charge in [0.2, 0.25) is 0 Å².